The summed E-state index contributed by atoms with van der Waals surface area (Å²) in [6.45, 7) is 8.00. The Labute approximate surface area is 178 Å². The molecule has 164 valence electrons. The van der Waals surface area contributed by atoms with E-state index >= 15 is 0 Å². The number of hydrogen-bond acceptors (Lipinski definition) is 4. The highest BCUT2D eigenvalue weighted by molar-refractivity contribution is 5.55. The predicted molar refractivity (Wildman–Crippen MR) is 109 cm³/mol. The summed E-state index contributed by atoms with van der Waals surface area (Å²) in [5.74, 6) is -3.81. The van der Waals surface area contributed by atoms with Crippen LogP contribution in [0.1, 0.15) is 24.0 Å². The van der Waals surface area contributed by atoms with Gasteiger partial charge in [-0.2, -0.15) is 13.2 Å². The van der Waals surface area contributed by atoms with E-state index in [0.29, 0.717) is 17.7 Å². The number of hydrogen-bond donors (Lipinski definition) is 0. The largest absolute Gasteiger partial charge is 0.490 e. The third-order valence-corrected chi connectivity index (χ3v) is 5.43. The van der Waals surface area contributed by atoms with Crippen LogP contribution in [-0.2, 0) is 11.2 Å². The standard InChI is InChI=1S/C24H23F3O4/c1-3-9-28-18-8-6-15-10-16-11-19(30-13-14-5-7-17(4-2)29-12-14)20(25)22(27)24(16)31-23(15)21(18)26/h3-4,6,8,11,14,17H,1-2,5,7,9-10,12-13H2. The average Bonchev–Trinajstić information content (AvgIpc) is 2.79. The molecule has 2 unspecified atom stereocenters. The van der Waals surface area contributed by atoms with Gasteiger partial charge in [-0.1, -0.05) is 24.8 Å². The molecule has 0 bridgehead atoms. The van der Waals surface area contributed by atoms with Crippen LogP contribution in [-0.4, -0.2) is 25.9 Å². The molecule has 0 aliphatic carbocycles. The number of benzene rings is 2. The average molecular weight is 432 g/mol. The number of fused-ring (bicyclic) bond motifs is 2. The molecule has 1 saturated heterocycles. The number of ether oxygens (including phenoxy) is 4. The molecule has 0 aromatic heterocycles. The first-order chi connectivity index (χ1) is 15.0. The summed E-state index contributed by atoms with van der Waals surface area (Å²) in [6, 6.07) is 4.52. The Bertz CT molecular complexity index is 997. The molecule has 0 saturated carbocycles. The molecular formula is C24H23F3O4. The van der Waals surface area contributed by atoms with Gasteiger partial charge in [0.05, 0.1) is 19.3 Å². The Morgan fingerprint density at radius 2 is 1.77 bits per heavy atom. The zero-order chi connectivity index (χ0) is 22.0. The molecular weight excluding hydrogens is 409 g/mol. The Balaban J connectivity index is 1.52. The maximum atomic E-state index is 14.8. The van der Waals surface area contributed by atoms with Gasteiger partial charge in [0.2, 0.25) is 17.5 Å². The van der Waals surface area contributed by atoms with Crippen LogP contribution in [0.2, 0.25) is 0 Å². The lowest BCUT2D eigenvalue weighted by atomic mass is 9.98. The topological polar surface area (TPSA) is 36.9 Å². The van der Waals surface area contributed by atoms with E-state index in [1.54, 1.807) is 12.1 Å². The first-order valence-corrected chi connectivity index (χ1v) is 10.1. The monoisotopic (exact) mass is 432 g/mol. The molecule has 31 heavy (non-hydrogen) atoms. The van der Waals surface area contributed by atoms with Crippen LogP contribution < -0.4 is 14.2 Å². The Morgan fingerprint density at radius 3 is 2.48 bits per heavy atom. The van der Waals surface area contributed by atoms with E-state index in [1.165, 1.54) is 18.2 Å². The van der Waals surface area contributed by atoms with Crippen molar-refractivity contribution in [1.29, 1.82) is 0 Å². The zero-order valence-corrected chi connectivity index (χ0v) is 17.0. The van der Waals surface area contributed by atoms with Crippen molar-refractivity contribution in [2.75, 3.05) is 19.8 Å². The van der Waals surface area contributed by atoms with Crippen molar-refractivity contribution in [3.8, 4) is 23.0 Å². The maximum Gasteiger partial charge on any atom is 0.207 e. The van der Waals surface area contributed by atoms with Crippen LogP contribution in [0.4, 0.5) is 13.2 Å². The van der Waals surface area contributed by atoms with E-state index in [4.69, 9.17) is 18.9 Å². The van der Waals surface area contributed by atoms with Crippen molar-refractivity contribution in [2.45, 2.75) is 25.4 Å². The van der Waals surface area contributed by atoms with E-state index < -0.39 is 17.5 Å². The van der Waals surface area contributed by atoms with Gasteiger partial charge >= 0.3 is 0 Å². The molecule has 2 aliphatic heterocycles. The summed E-state index contributed by atoms with van der Waals surface area (Å²) in [5.41, 5.74) is 0.885. The SMILES string of the molecule is C=CCOc1ccc2c(c1F)Oc1c(cc(OCC3CCC(C=C)OC3)c(F)c1F)C2. The fourth-order valence-electron chi connectivity index (χ4n) is 3.73. The van der Waals surface area contributed by atoms with Crippen molar-refractivity contribution in [2.24, 2.45) is 5.92 Å². The quantitative estimate of drug-likeness (QED) is 0.447. The van der Waals surface area contributed by atoms with Gasteiger partial charge in [-0.05, 0) is 25.0 Å². The van der Waals surface area contributed by atoms with Crippen LogP contribution in [0.25, 0.3) is 0 Å². The predicted octanol–water partition coefficient (Wildman–Crippen LogP) is 5.73. The lowest BCUT2D eigenvalue weighted by molar-refractivity contribution is -0.00333. The highest BCUT2D eigenvalue weighted by atomic mass is 19.2. The summed E-state index contributed by atoms with van der Waals surface area (Å²) in [5, 5.41) is 0. The minimum absolute atomic E-state index is 0.0227. The molecule has 2 aliphatic rings. The van der Waals surface area contributed by atoms with Gasteiger partial charge in [0.15, 0.2) is 23.0 Å². The van der Waals surface area contributed by atoms with Crippen LogP contribution in [0.5, 0.6) is 23.0 Å². The van der Waals surface area contributed by atoms with Crippen molar-refractivity contribution in [3.63, 3.8) is 0 Å². The molecule has 4 nitrogen and oxygen atoms in total. The van der Waals surface area contributed by atoms with E-state index in [1.807, 2.05) is 0 Å². The van der Waals surface area contributed by atoms with Crippen molar-refractivity contribution >= 4 is 0 Å². The van der Waals surface area contributed by atoms with Crippen LogP contribution in [0.3, 0.4) is 0 Å². The maximum absolute atomic E-state index is 14.8. The molecule has 0 N–H and O–H groups in total. The van der Waals surface area contributed by atoms with E-state index in [-0.39, 0.29) is 54.7 Å². The second kappa shape index (κ2) is 9.06. The van der Waals surface area contributed by atoms with Gasteiger partial charge in [0, 0.05) is 23.5 Å². The second-order valence-corrected chi connectivity index (χ2v) is 7.60. The number of halogens is 3. The van der Waals surface area contributed by atoms with Gasteiger partial charge in [0.1, 0.15) is 6.61 Å². The molecule has 2 aromatic rings. The Kier molecular flexibility index (Phi) is 6.23. The summed E-state index contributed by atoms with van der Waals surface area (Å²) in [6.07, 6.45) is 5.08. The summed E-state index contributed by atoms with van der Waals surface area (Å²) >= 11 is 0. The van der Waals surface area contributed by atoms with Gasteiger partial charge in [-0.25, -0.2) is 0 Å². The normalized spacial score (nSPS) is 19.6. The van der Waals surface area contributed by atoms with E-state index in [2.05, 4.69) is 13.2 Å². The third kappa shape index (κ3) is 4.28. The van der Waals surface area contributed by atoms with Crippen LogP contribution >= 0.6 is 0 Å². The zero-order valence-electron chi connectivity index (χ0n) is 17.0. The molecule has 0 spiro atoms. The van der Waals surface area contributed by atoms with E-state index in [0.717, 1.165) is 12.8 Å². The lowest BCUT2D eigenvalue weighted by Crippen LogP contribution is -2.28. The van der Waals surface area contributed by atoms with Gasteiger partial charge in [0.25, 0.3) is 0 Å². The minimum atomic E-state index is -1.21. The smallest absolute Gasteiger partial charge is 0.207 e. The molecule has 2 heterocycles. The highest BCUT2D eigenvalue weighted by Crippen LogP contribution is 2.44. The molecule has 0 radical (unpaired) electrons. The van der Waals surface area contributed by atoms with Gasteiger partial charge in [-0.3, -0.25) is 0 Å². The van der Waals surface area contributed by atoms with Crippen LogP contribution in [0.15, 0.2) is 43.5 Å². The summed E-state index contributed by atoms with van der Waals surface area (Å²) in [4.78, 5) is 0. The molecule has 2 aromatic carbocycles. The molecule has 2 atom stereocenters. The van der Waals surface area contributed by atoms with E-state index in [9.17, 15) is 13.2 Å². The lowest BCUT2D eigenvalue weighted by Gasteiger charge is -2.27. The molecule has 4 rings (SSSR count). The molecule has 1 fully saturated rings. The summed E-state index contributed by atoms with van der Waals surface area (Å²) in [7, 11) is 0. The van der Waals surface area contributed by atoms with Crippen LogP contribution in [0, 0.1) is 23.4 Å². The first-order valence-electron chi connectivity index (χ1n) is 10.1. The van der Waals surface area contributed by atoms with Crippen molar-refractivity contribution < 1.29 is 32.1 Å². The Morgan fingerprint density at radius 1 is 0.968 bits per heavy atom. The fraction of sp³-hybridized carbons (Fsp3) is 0.333. The van der Waals surface area contributed by atoms with Gasteiger partial charge in [-0.15, -0.1) is 6.58 Å². The Hall–Kier alpha value is -2.93. The van der Waals surface area contributed by atoms with Crippen molar-refractivity contribution in [3.05, 3.63) is 72.1 Å². The molecule has 7 heteroatoms. The van der Waals surface area contributed by atoms with Gasteiger partial charge < -0.3 is 18.9 Å². The fourth-order valence-corrected chi connectivity index (χ4v) is 3.73. The second-order valence-electron chi connectivity index (χ2n) is 7.60. The minimum Gasteiger partial charge on any atom is -0.490 e. The van der Waals surface area contributed by atoms with Crippen molar-refractivity contribution in [1.82, 2.24) is 0 Å². The molecule has 0 amide bonds. The third-order valence-electron chi connectivity index (χ3n) is 5.43. The summed E-state index contributed by atoms with van der Waals surface area (Å²) < 4.78 is 66.0. The number of rotatable bonds is 7. The highest BCUT2D eigenvalue weighted by Gasteiger charge is 2.30. The first kappa shape index (κ1) is 21.3.